The lowest BCUT2D eigenvalue weighted by Crippen LogP contribution is -2.49. The minimum atomic E-state index is 0.0798. The molecule has 4 aromatic rings. The summed E-state index contributed by atoms with van der Waals surface area (Å²) in [6.45, 7) is 2.93. The Labute approximate surface area is 199 Å². The third-order valence-corrected chi connectivity index (χ3v) is 6.68. The van der Waals surface area contributed by atoms with Crippen LogP contribution in [0.2, 0.25) is 0 Å². The van der Waals surface area contributed by atoms with Gasteiger partial charge in [-0.05, 0) is 42.5 Å². The maximum Gasteiger partial charge on any atom is 0.257 e. The Kier molecular flexibility index (Phi) is 5.42. The van der Waals surface area contributed by atoms with E-state index in [0.717, 1.165) is 39.7 Å². The van der Waals surface area contributed by atoms with Crippen molar-refractivity contribution in [3.05, 3.63) is 54.6 Å². The number of aromatic nitrogens is 3. The van der Waals surface area contributed by atoms with Crippen molar-refractivity contribution in [2.45, 2.75) is 5.22 Å². The second-order valence-corrected chi connectivity index (χ2v) is 8.88. The summed E-state index contributed by atoms with van der Waals surface area (Å²) in [4.78, 5) is 21.1. The number of anilines is 1. The summed E-state index contributed by atoms with van der Waals surface area (Å²) < 4.78 is 16.5. The fraction of sp³-hybridized carbons (Fsp3) is 0.250. The molecular weight excluding hydrogens is 454 g/mol. The van der Waals surface area contributed by atoms with Crippen molar-refractivity contribution in [2.24, 2.45) is 0 Å². The first kappa shape index (κ1) is 20.8. The van der Waals surface area contributed by atoms with Crippen molar-refractivity contribution in [1.29, 1.82) is 0 Å². The topological polar surface area (TPSA) is 93.8 Å². The first-order valence-corrected chi connectivity index (χ1v) is 12.0. The van der Waals surface area contributed by atoms with Gasteiger partial charge in [-0.25, -0.2) is 4.98 Å². The number of ether oxygens (including phenoxy) is 2. The average Bonchev–Trinajstić information content (AvgIpc) is 3.53. The van der Waals surface area contributed by atoms with Gasteiger partial charge in [-0.3, -0.25) is 4.79 Å². The van der Waals surface area contributed by atoms with Gasteiger partial charge in [-0.2, -0.15) is 0 Å². The van der Waals surface area contributed by atoms with Gasteiger partial charge >= 0.3 is 0 Å². The van der Waals surface area contributed by atoms with E-state index in [9.17, 15) is 4.79 Å². The number of oxazole rings is 1. The zero-order valence-electron chi connectivity index (χ0n) is 18.2. The Balaban J connectivity index is 1.03. The molecule has 0 bridgehead atoms. The molecule has 1 fully saturated rings. The molecule has 0 radical (unpaired) electrons. The molecule has 0 spiro atoms. The zero-order chi connectivity index (χ0) is 22.9. The van der Waals surface area contributed by atoms with Crippen LogP contribution in [0.5, 0.6) is 11.5 Å². The number of amides is 1. The molecule has 1 saturated heterocycles. The maximum absolute atomic E-state index is 12.7. The average molecular weight is 476 g/mol. The predicted molar refractivity (Wildman–Crippen MR) is 127 cm³/mol. The molecule has 2 aliphatic heterocycles. The van der Waals surface area contributed by atoms with E-state index < -0.39 is 0 Å². The van der Waals surface area contributed by atoms with E-state index in [1.807, 2.05) is 59.5 Å². The van der Waals surface area contributed by atoms with Crippen LogP contribution in [0.15, 0.2) is 64.2 Å². The first-order chi connectivity index (χ1) is 16.7. The SMILES string of the molecule is O=C(CSc1nc2ccccc2o1)N1CCN(c2ccc(-c3ccc4c(c3)OCO4)nn2)CC1. The quantitative estimate of drug-likeness (QED) is 0.402. The van der Waals surface area contributed by atoms with E-state index in [-0.39, 0.29) is 12.7 Å². The molecule has 2 aromatic heterocycles. The smallest absolute Gasteiger partial charge is 0.257 e. The molecule has 10 heteroatoms. The van der Waals surface area contributed by atoms with Crippen LogP contribution >= 0.6 is 11.8 Å². The third-order valence-electron chi connectivity index (χ3n) is 5.87. The van der Waals surface area contributed by atoms with Crippen LogP contribution < -0.4 is 14.4 Å². The van der Waals surface area contributed by atoms with E-state index in [2.05, 4.69) is 20.1 Å². The number of rotatable bonds is 5. The van der Waals surface area contributed by atoms with E-state index >= 15 is 0 Å². The summed E-state index contributed by atoms with van der Waals surface area (Å²) in [6, 6.07) is 17.2. The Morgan fingerprint density at radius 1 is 0.941 bits per heavy atom. The molecule has 0 unspecified atom stereocenters. The number of para-hydroxylation sites is 2. The molecular formula is C24H21N5O4S. The summed E-state index contributed by atoms with van der Waals surface area (Å²) in [5.74, 6) is 2.65. The highest BCUT2D eigenvalue weighted by molar-refractivity contribution is 7.99. The molecule has 1 amide bonds. The largest absolute Gasteiger partial charge is 0.454 e. The number of piperazine rings is 1. The van der Waals surface area contributed by atoms with Gasteiger partial charge in [0.2, 0.25) is 12.7 Å². The molecule has 2 aliphatic rings. The normalized spacial score (nSPS) is 15.2. The van der Waals surface area contributed by atoms with Gasteiger partial charge in [0.25, 0.3) is 5.22 Å². The summed E-state index contributed by atoms with van der Waals surface area (Å²) in [5, 5.41) is 9.33. The minimum Gasteiger partial charge on any atom is -0.454 e. The van der Waals surface area contributed by atoms with Crippen molar-refractivity contribution >= 4 is 34.6 Å². The van der Waals surface area contributed by atoms with Gasteiger partial charge in [-0.15, -0.1) is 10.2 Å². The standard InChI is InChI=1S/C24H21N5O4S/c30-23(14-34-24-25-18-3-1-2-4-19(18)33-24)29-11-9-28(10-12-29)22-8-6-17(26-27-22)16-5-7-20-21(13-16)32-15-31-20/h1-8,13H,9-12,14-15H2. The minimum absolute atomic E-state index is 0.0798. The molecule has 6 rings (SSSR count). The van der Waals surface area contributed by atoms with Gasteiger partial charge < -0.3 is 23.7 Å². The second-order valence-electron chi connectivity index (χ2n) is 7.95. The Hall–Kier alpha value is -3.79. The lowest BCUT2D eigenvalue weighted by Gasteiger charge is -2.35. The van der Waals surface area contributed by atoms with E-state index in [0.29, 0.717) is 37.2 Å². The monoisotopic (exact) mass is 475 g/mol. The van der Waals surface area contributed by atoms with E-state index in [1.165, 1.54) is 11.8 Å². The van der Waals surface area contributed by atoms with Crippen molar-refractivity contribution in [1.82, 2.24) is 20.1 Å². The van der Waals surface area contributed by atoms with Gasteiger partial charge in [0.05, 0.1) is 11.4 Å². The van der Waals surface area contributed by atoms with Crippen LogP contribution in [-0.2, 0) is 4.79 Å². The lowest BCUT2D eigenvalue weighted by atomic mass is 10.1. The molecule has 4 heterocycles. The van der Waals surface area contributed by atoms with Crippen LogP contribution in [0.1, 0.15) is 0 Å². The van der Waals surface area contributed by atoms with Gasteiger partial charge in [0.15, 0.2) is 22.9 Å². The Bertz CT molecular complexity index is 1300. The number of benzene rings is 2. The molecule has 34 heavy (non-hydrogen) atoms. The fourth-order valence-corrected chi connectivity index (χ4v) is 4.76. The molecule has 0 saturated carbocycles. The molecule has 0 atom stereocenters. The number of carbonyl (C=O) groups excluding carboxylic acids is 1. The number of thioether (sulfide) groups is 1. The zero-order valence-corrected chi connectivity index (χ0v) is 19.0. The van der Waals surface area contributed by atoms with Crippen molar-refractivity contribution < 1.29 is 18.7 Å². The van der Waals surface area contributed by atoms with Crippen LogP contribution in [0.25, 0.3) is 22.4 Å². The molecule has 2 aromatic carbocycles. The molecule has 172 valence electrons. The number of hydrogen-bond acceptors (Lipinski definition) is 9. The number of nitrogens with zero attached hydrogens (tertiary/aromatic N) is 5. The highest BCUT2D eigenvalue weighted by Crippen LogP contribution is 2.35. The molecule has 0 aliphatic carbocycles. The van der Waals surface area contributed by atoms with Gasteiger partial charge in [0, 0.05) is 31.7 Å². The lowest BCUT2D eigenvalue weighted by molar-refractivity contribution is -0.128. The number of fused-ring (bicyclic) bond motifs is 2. The van der Waals surface area contributed by atoms with Crippen LogP contribution in [-0.4, -0.2) is 64.7 Å². The van der Waals surface area contributed by atoms with Crippen LogP contribution in [0.4, 0.5) is 5.82 Å². The highest BCUT2D eigenvalue weighted by atomic mass is 32.2. The van der Waals surface area contributed by atoms with Crippen molar-refractivity contribution in [3.8, 4) is 22.8 Å². The summed E-state index contributed by atoms with van der Waals surface area (Å²) in [5.41, 5.74) is 3.23. The second kappa shape index (κ2) is 8.86. The Morgan fingerprint density at radius 3 is 2.62 bits per heavy atom. The maximum atomic E-state index is 12.7. The highest BCUT2D eigenvalue weighted by Gasteiger charge is 2.23. The van der Waals surface area contributed by atoms with Crippen LogP contribution in [0, 0.1) is 0 Å². The number of hydrogen-bond donors (Lipinski definition) is 0. The fourth-order valence-electron chi connectivity index (χ4n) is 4.02. The van der Waals surface area contributed by atoms with Gasteiger partial charge in [-0.1, -0.05) is 23.9 Å². The summed E-state index contributed by atoms with van der Waals surface area (Å²) in [6.07, 6.45) is 0. The summed E-state index contributed by atoms with van der Waals surface area (Å²) >= 11 is 1.33. The van der Waals surface area contributed by atoms with Crippen LogP contribution in [0.3, 0.4) is 0 Å². The number of carbonyl (C=O) groups is 1. The molecule has 9 nitrogen and oxygen atoms in total. The third kappa shape index (κ3) is 4.12. The van der Waals surface area contributed by atoms with Crippen molar-refractivity contribution in [2.75, 3.05) is 43.6 Å². The molecule has 0 N–H and O–H groups in total. The van der Waals surface area contributed by atoms with E-state index in [1.54, 1.807) is 0 Å². The Morgan fingerprint density at radius 2 is 1.79 bits per heavy atom. The summed E-state index contributed by atoms with van der Waals surface area (Å²) in [7, 11) is 0. The predicted octanol–water partition coefficient (Wildman–Crippen LogP) is 3.45. The van der Waals surface area contributed by atoms with Gasteiger partial charge in [0.1, 0.15) is 5.52 Å². The van der Waals surface area contributed by atoms with Crippen molar-refractivity contribution in [3.63, 3.8) is 0 Å². The van der Waals surface area contributed by atoms with E-state index in [4.69, 9.17) is 13.9 Å². The first-order valence-electron chi connectivity index (χ1n) is 11.0.